The lowest BCUT2D eigenvalue weighted by Crippen LogP contribution is -2.08. The normalized spacial score (nSPS) is 10.7. The number of benzene rings is 2. The number of rotatable bonds is 7. The number of H-pyrrole nitrogens is 1. The van der Waals surface area contributed by atoms with Gasteiger partial charge < -0.3 is 20.4 Å². The maximum atomic E-state index is 5.36. The first-order chi connectivity index (χ1) is 13.3. The fourth-order valence-electron chi connectivity index (χ4n) is 3.05. The summed E-state index contributed by atoms with van der Waals surface area (Å²) in [5, 5.41) is 7.82. The van der Waals surface area contributed by atoms with Gasteiger partial charge in [-0.1, -0.05) is 30.3 Å². The third kappa shape index (κ3) is 3.84. The molecule has 0 fully saturated rings. The van der Waals surface area contributed by atoms with Crippen LogP contribution in [-0.2, 0) is 6.42 Å². The van der Waals surface area contributed by atoms with Crippen molar-refractivity contribution in [2.24, 2.45) is 0 Å². The lowest BCUT2D eigenvalue weighted by atomic mass is 10.1. The van der Waals surface area contributed by atoms with Crippen molar-refractivity contribution in [1.29, 1.82) is 0 Å². The number of anilines is 3. The van der Waals surface area contributed by atoms with E-state index in [1.165, 1.54) is 10.9 Å². The van der Waals surface area contributed by atoms with Gasteiger partial charge in [0.25, 0.3) is 0 Å². The zero-order chi connectivity index (χ0) is 18.5. The molecule has 0 spiro atoms. The van der Waals surface area contributed by atoms with Gasteiger partial charge in [-0.15, -0.1) is 0 Å². The standard InChI is InChI=1S/C21H21N5O/c1-27-19-9-5-4-8-18(19)25-20-11-13-23-21(26-20)22-12-10-15-14-24-17-7-3-2-6-16(15)17/h2-9,11,13-14,24H,10,12H2,1H3,(H2,22,23,25,26). The van der Waals surface area contributed by atoms with E-state index in [-0.39, 0.29) is 0 Å². The highest BCUT2D eigenvalue weighted by molar-refractivity contribution is 5.83. The van der Waals surface area contributed by atoms with Crippen molar-refractivity contribution in [3.8, 4) is 5.75 Å². The van der Waals surface area contributed by atoms with Crippen molar-refractivity contribution in [2.45, 2.75) is 6.42 Å². The lowest BCUT2D eigenvalue weighted by Gasteiger charge is -2.11. The molecular weight excluding hydrogens is 338 g/mol. The largest absolute Gasteiger partial charge is 0.495 e. The quantitative estimate of drug-likeness (QED) is 0.457. The molecule has 0 aliphatic heterocycles. The van der Waals surface area contributed by atoms with E-state index in [2.05, 4.69) is 50.0 Å². The number of hydrogen-bond acceptors (Lipinski definition) is 5. The second kappa shape index (κ2) is 7.78. The van der Waals surface area contributed by atoms with Crippen molar-refractivity contribution >= 4 is 28.4 Å². The van der Waals surface area contributed by atoms with E-state index in [1.54, 1.807) is 13.3 Å². The van der Waals surface area contributed by atoms with E-state index in [1.807, 2.05) is 36.4 Å². The number of ether oxygens (including phenoxy) is 1. The Balaban J connectivity index is 1.41. The number of aromatic nitrogens is 3. The van der Waals surface area contributed by atoms with Crippen LogP contribution in [0.15, 0.2) is 67.0 Å². The van der Waals surface area contributed by atoms with Crippen LogP contribution in [0, 0.1) is 0 Å². The summed E-state index contributed by atoms with van der Waals surface area (Å²) in [6, 6.07) is 17.9. The summed E-state index contributed by atoms with van der Waals surface area (Å²) < 4.78 is 5.36. The van der Waals surface area contributed by atoms with Gasteiger partial charge in [0.15, 0.2) is 0 Å². The van der Waals surface area contributed by atoms with Crippen LogP contribution in [0.25, 0.3) is 10.9 Å². The van der Waals surface area contributed by atoms with E-state index in [4.69, 9.17) is 4.74 Å². The van der Waals surface area contributed by atoms with Crippen molar-refractivity contribution in [1.82, 2.24) is 15.0 Å². The highest BCUT2D eigenvalue weighted by atomic mass is 16.5. The molecule has 0 saturated heterocycles. The van der Waals surface area contributed by atoms with Crippen molar-refractivity contribution < 1.29 is 4.74 Å². The summed E-state index contributed by atoms with van der Waals surface area (Å²) >= 11 is 0. The number of methoxy groups -OCH3 is 1. The SMILES string of the molecule is COc1ccccc1Nc1ccnc(NCCc2c[nH]c3ccccc23)n1. The second-order valence-corrected chi connectivity index (χ2v) is 6.13. The smallest absolute Gasteiger partial charge is 0.224 e. The molecule has 0 saturated carbocycles. The third-order valence-electron chi connectivity index (χ3n) is 4.38. The summed E-state index contributed by atoms with van der Waals surface area (Å²) in [5.41, 5.74) is 3.30. The molecule has 27 heavy (non-hydrogen) atoms. The zero-order valence-corrected chi connectivity index (χ0v) is 15.1. The Morgan fingerprint density at radius 1 is 1.04 bits per heavy atom. The Labute approximate surface area is 157 Å². The van der Waals surface area contributed by atoms with Crippen LogP contribution in [0.5, 0.6) is 5.75 Å². The summed E-state index contributed by atoms with van der Waals surface area (Å²) in [6.45, 7) is 0.750. The number of fused-ring (bicyclic) bond motifs is 1. The van der Waals surface area contributed by atoms with Gasteiger partial charge in [-0.2, -0.15) is 4.98 Å². The first-order valence-corrected chi connectivity index (χ1v) is 8.85. The van der Waals surface area contributed by atoms with E-state index < -0.39 is 0 Å². The van der Waals surface area contributed by atoms with E-state index in [9.17, 15) is 0 Å². The number of nitrogens with one attached hydrogen (secondary N) is 3. The van der Waals surface area contributed by atoms with Crippen LogP contribution in [0.3, 0.4) is 0 Å². The molecular formula is C21H21N5O. The number of aromatic amines is 1. The Hall–Kier alpha value is -3.54. The number of hydrogen-bond donors (Lipinski definition) is 3. The maximum Gasteiger partial charge on any atom is 0.224 e. The van der Waals surface area contributed by atoms with Gasteiger partial charge >= 0.3 is 0 Å². The molecule has 2 aromatic heterocycles. The van der Waals surface area contributed by atoms with Gasteiger partial charge in [-0.05, 0) is 36.2 Å². The Bertz CT molecular complexity index is 1040. The fourth-order valence-corrected chi connectivity index (χ4v) is 3.05. The molecule has 4 aromatic rings. The van der Waals surface area contributed by atoms with Crippen LogP contribution in [-0.4, -0.2) is 28.6 Å². The van der Waals surface area contributed by atoms with Gasteiger partial charge in [0.05, 0.1) is 12.8 Å². The average Bonchev–Trinajstić information content (AvgIpc) is 3.12. The molecule has 2 aromatic carbocycles. The summed E-state index contributed by atoms with van der Waals surface area (Å²) in [7, 11) is 1.65. The van der Waals surface area contributed by atoms with Crippen molar-refractivity contribution in [3.05, 3.63) is 72.6 Å². The summed E-state index contributed by atoms with van der Waals surface area (Å²) in [6.07, 6.45) is 4.68. The van der Waals surface area contributed by atoms with Crippen LogP contribution >= 0.6 is 0 Å². The molecule has 0 radical (unpaired) electrons. The topological polar surface area (TPSA) is 74.9 Å². The van der Waals surface area contributed by atoms with Gasteiger partial charge in [-0.3, -0.25) is 0 Å². The Morgan fingerprint density at radius 3 is 2.81 bits per heavy atom. The van der Waals surface area contributed by atoms with E-state index in [0.717, 1.165) is 29.9 Å². The van der Waals surface area contributed by atoms with Crippen LogP contribution in [0.4, 0.5) is 17.5 Å². The number of nitrogens with zero attached hydrogens (tertiary/aromatic N) is 2. The number of para-hydroxylation sites is 3. The summed E-state index contributed by atoms with van der Waals surface area (Å²) in [4.78, 5) is 12.1. The Kier molecular flexibility index (Phi) is 4.87. The second-order valence-electron chi connectivity index (χ2n) is 6.13. The maximum absolute atomic E-state index is 5.36. The van der Waals surface area contributed by atoms with Crippen LogP contribution < -0.4 is 15.4 Å². The van der Waals surface area contributed by atoms with Crippen molar-refractivity contribution in [3.63, 3.8) is 0 Å². The monoisotopic (exact) mass is 359 g/mol. The first-order valence-electron chi connectivity index (χ1n) is 8.85. The van der Waals surface area contributed by atoms with E-state index >= 15 is 0 Å². The third-order valence-corrected chi connectivity index (χ3v) is 4.38. The zero-order valence-electron chi connectivity index (χ0n) is 15.1. The molecule has 3 N–H and O–H groups in total. The van der Waals surface area contributed by atoms with Gasteiger partial charge in [0.1, 0.15) is 11.6 Å². The Morgan fingerprint density at radius 2 is 1.89 bits per heavy atom. The lowest BCUT2D eigenvalue weighted by molar-refractivity contribution is 0.417. The predicted molar refractivity (Wildman–Crippen MR) is 109 cm³/mol. The molecule has 6 heteroatoms. The fraction of sp³-hybridized carbons (Fsp3) is 0.143. The molecule has 0 aliphatic carbocycles. The van der Waals surface area contributed by atoms with Gasteiger partial charge in [0.2, 0.25) is 5.95 Å². The molecule has 0 aliphatic rings. The molecule has 2 heterocycles. The van der Waals surface area contributed by atoms with Crippen LogP contribution in [0.1, 0.15) is 5.56 Å². The highest BCUT2D eigenvalue weighted by Crippen LogP contribution is 2.26. The molecule has 0 amide bonds. The van der Waals surface area contributed by atoms with Crippen molar-refractivity contribution in [2.75, 3.05) is 24.3 Å². The molecule has 0 atom stereocenters. The first kappa shape index (κ1) is 16.9. The van der Waals surface area contributed by atoms with Gasteiger partial charge in [-0.25, -0.2) is 4.98 Å². The average molecular weight is 359 g/mol. The molecule has 0 unspecified atom stereocenters. The minimum absolute atomic E-state index is 0.592. The molecule has 136 valence electrons. The minimum atomic E-state index is 0.592. The molecule has 0 bridgehead atoms. The van der Waals surface area contributed by atoms with E-state index in [0.29, 0.717) is 11.8 Å². The van der Waals surface area contributed by atoms with Crippen LogP contribution in [0.2, 0.25) is 0 Å². The summed E-state index contributed by atoms with van der Waals surface area (Å²) in [5.74, 6) is 2.07. The highest BCUT2D eigenvalue weighted by Gasteiger charge is 2.05. The molecule has 4 rings (SSSR count). The predicted octanol–water partition coefficient (Wildman–Crippen LogP) is 4.36. The van der Waals surface area contributed by atoms with Gasteiger partial charge in [0, 0.05) is 29.8 Å². The minimum Gasteiger partial charge on any atom is -0.495 e. The molecule has 6 nitrogen and oxygen atoms in total.